The zero-order valence-corrected chi connectivity index (χ0v) is 20.3. The standard InChI is InChI=1S/C27H34N4O4/c1-2-11-31-24-9-8-23(29-26(32)20-35-19-21-6-4-3-5-7-21)17-22(24)18-25(31)27(33)28-10-12-30-13-15-34-16-14-30/h3-9,17-18H,2,10-16,19-20H2,1H3,(H,28,33)(H,29,32). The number of rotatable bonds is 11. The minimum absolute atomic E-state index is 0.0272. The Kier molecular flexibility index (Phi) is 8.89. The van der Waals surface area contributed by atoms with Crippen molar-refractivity contribution in [1.82, 2.24) is 14.8 Å². The summed E-state index contributed by atoms with van der Waals surface area (Å²) < 4.78 is 13.0. The summed E-state index contributed by atoms with van der Waals surface area (Å²) in [4.78, 5) is 27.6. The summed E-state index contributed by atoms with van der Waals surface area (Å²) in [5.41, 5.74) is 3.32. The Morgan fingerprint density at radius 2 is 1.83 bits per heavy atom. The predicted molar refractivity (Wildman–Crippen MR) is 137 cm³/mol. The first kappa shape index (κ1) is 24.9. The van der Waals surface area contributed by atoms with Gasteiger partial charge in [-0.2, -0.15) is 0 Å². The van der Waals surface area contributed by atoms with Gasteiger partial charge in [-0.25, -0.2) is 0 Å². The Morgan fingerprint density at radius 1 is 1.03 bits per heavy atom. The van der Waals surface area contributed by atoms with Crippen molar-refractivity contribution in [1.29, 1.82) is 0 Å². The molecular formula is C27H34N4O4. The van der Waals surface area contributed by atoms with Gasteiger partial charge in [-0.05, 0) is 36.2 Å². The number of fused-ring (bicyclic) bond motifs is 1. The zero-order chi connectivity index (χ0) is 24.5. The fourth-order valence-corrected chi connectivity index (χ4v) is 4.28. The third kappa shape index (κ3) is 6.91. The molecule has 2 heterocycles. The van der Waals surface area contributed by atoms with Crippen LogP contribution in [0, 0.1) is 0 Å². The number of carbonyl (C=O) groups excluding carboxylic acids is 2. The highest BCUT2D eigenvalue weighted by molar-refractivity contribution is 6.00. The largest absolute Gasteiger partial charge is 0.379 e. The van der Waals surface area contributed by atoms with E-state index in [1.54, 1.807) is 0 Å². The van der Waals surface area contributed by atoms with Gasteiger partial charge in [0.05, 0.1) is 19.8 Å². The van der Waals surface area contributed by atoms with Crippen LogP contribution in [-0.2, 0) is 27.4 Å². The van der Waals surface area contributed by atoms with E-state index in [1.165, 1.54) is 0 Å². The molecule has 1 aliphatic heterocycles. The molecule has 0 bridgehead atoms. The molecule has 4 rings (SSSR count). The number of nitrogens with zero attached hydrogens (tertiary/aromatic N) is 2. The predicted octanol–water partition coefficient (Wildman–Crippen LogP) is 3.27. The van der Waals surface area contributed by atoms with Gasteiger partial charge in [0.1, 0.15) is 12.3 Å². The number of carbonyl (C=O) groups is 2. The van der Waals surface area contributed by atoms with Crippen LogP contribution in [0.25, 0.3) is 10.9 Å². The summed E-state index contributed by atoms with van der Waals surface area (Å²) in [6.45, 7) is 7.90. The van der Waals surface area contributed by atoms with Crippen LogP contribution in [0.3, 0.4) is 0 Å². The molecular weight excluding hydrogens is 444 g/mol. The molecule has 2 aromatic carbocycles. The lowest BCUT2D eigenvalue weighted by atomic mass is 10.2. The molecule has 35 heavy (non-hydrogen) atoms. The van der Waals surface area contributed by atoms with Gasteiger partial charge < -0.3 is 24.7 Å². The molecule has 0 saturated carbocycles. The summed E-state index contributed by atoms with van der Waals surface area (Å²) in [5.74, 6) is -0.294. The third-order valence-electron chi connectivity index (χ3n) is 6.03. The van der Waals surface area contributed by atoms with Crippen molar-refractivity contribution >= 4 is 28.4 Å². The number of amides is 2. The second-order valence-corrected chi connectivity index (χ2v) is 8.69. The van der Waals surface area contributed by atoms with Crippen LogP contribution < -0.4 is 10.6 Å². The Morgan fingerprint density at radius 3 is 2.60 bits per heavy atom. The van der Waals surface area contributed by atoms with E-state index < -0.39 is 0 Å². The van der Waals surface area contributed by atoms with E-state index >= 15 is 0 Å². The normalized spacial score (nSPS) is 14.2. The summed E-state index contributed by atoms with van der Waals surface area (Å²) in [5, 5.41) is 6.87. The van der Waals surface area contributed by atoms with E-state index in [4.69, 9.17) is 9.47 Å². The highest BCUT2D eigenvalue weighted by atomic mass is 16.5. The minimum atomic E-state index is -0.214. The van der Waals surface area contributed by atoms with E-state index in [1.807, 2.05) is 59.2 Å². The van der Waals surface area contributed by atoms with Crippen molar-refractivity contribution in [2.45, 2.75) is 26.5 Å². The van der Waals surface area contributed by atoms with Crippen LogP contribution in [0.4, 0.5) is 5.69 Å². The van der Waals surface area contributed by atoms with Crippen LogP contribution in [-0.4, -0.2) is 67.3 Å². The second-order valence-electron chi connectivity index (χ2n) is 8.69. The van der Waals surface area contributed by atoms with Gasteiger partial charge in [-0.3, -0.25) is 14.5 Å². The van der Waals surface area contributed by atoms with E-state index in [0.29, 0.717) is 24.5 Å². The summed E-state index contributed by atoms with van der Waals surface area (Å²) in [7, 11) is 0. The maximum atomic E-state index is 13.0. The zero-order valence-electron chi connectivity index (χ0n) is 20.3. The highest BCUT2D eigenvalue weighted by Gasteiger charge is 2.17. The van der Waals surface area contributed by atoms with Gasteiger partial charge in [0, 0.05) is 49.3 Å². The van der Waals surface area contributed by atoms with Crippen molar-refractivity contribution in [3.8, 4) is 0 Å². The number of hydrogen-bond donors (Lipinski definition) is 2. The first-order chi connectivity index (χ1) is 17.1. The smallest absolute Gasteiger partial charge is 0.267 e. The molecule has 1 aromatic heterocycles. The van der Waals surface area contributed by atoms with Gasteiger partial charge in [-0.1, -0.05) is 37.3 Å². The number of morpholine rings is 1. The molecule has 2 N–H and O–H groups in total. The number of anilines is 1. The molecule has 0 aliphatic carbocycles. The van der Waals surface area contributed by atoms with Crippen molar-refractivity contribution in [2.75, 3.05) is 51.3 Å². The average molecular weight is 479 g/mol. The van der Waals surface area contributed by atoms with Gasteiger partial charge in [0.25, 0.3) is 5.91 Å². The molecule has 1 fully saturated rings. The highest BCUT2D eigenvalue weighted by Crippen LogP contribution is 2.24. The van der Waals surface area contributed by atoms with Gasteiger partial charge in [0.15, 0.2) is 0 Å². The minimum Gasteiger partial charge on any atom is -0.379 e. The lowest BCUT2D eigenvalue weighted by molar-refractivity contribution is -0.121. The van der Waals surface area contributed by atoms with Gasteiger partial charge in [-0.15, -0.1) is 0 Å². The summed E-state index contributed by atoms with van der Waals surface area (Å²) in [6, 6.07) is 17.4. The maximum absolute atomic E-state index is 13.0. The Bertz CT molecular complexity index is 1120. The van der Waals surface area contributed by atoms with Crippen molar-refractivity contribution in [3.05, 3.63) is 65.9 Å². The van der Waals surface area contributed by atoms with Gasteiger partial charge >= 0.3 is 0 Å². The number of ether oxygens (including phenoxy) is 2. The van der Waals surface area contributed by atoms with Crippen LogP contribution >= 0.6 is 0 Å². The molecule has 8 heteroatoms. The van der Waals surface area contributed by atoms with E-state index in [2.05, 4.69) is 22.5 Å². The Hall–Kier alpha value is -3.20. The molecule has 0 unspecified atom stereocenters. The number of hydrogen-bond acceptors (Lipinski definition) is 5. The number of nitrogens with one attached hydrogen (secondary N) is 2. The molecule has 3 aromatic rings. The molecule has 1 aliphatic rings. The molecule has 186 valence electrons. The summed E-state index contributed by atoms with van der Waals surface area (Å²) in [6.07, 6.45) is 0.912. The van der Waals surface area contributed by atoms with E-state index in [0.717, 1.165) is 62.3 Å². The van der Waals surface area contributed by atoms with Crippen molar-refractivity contribution in [2.24, 2.45) is 0 Å². The molecule has 0 radical (unpaired) electrons. The van der Waals surface area contributed by atoms with E-state index in [9.17, 15) is 9.59 Å². The molecule has 0 atom stereocenters. The summed E-state index contributed by atoms with van der Waals surface area (Å²) >= 11 is 0. The van der Waals surface area contributed by atoms with Gasteiger partial charge in [0.2, 0.25) is 5.91 Å². The fourth-order valence-electron chi connectivity index (χ4n) is 4.28. The molecule has 8 nitrogen and oxygen atoms in total. The maximum Gasteiger partial charge on any atom is 0.267 e. The Labute approximate surface area is 206 Å². The topological polar surface area (TPSA) is 84.8 Å². The quantitative estimate of drug-likeness (QED) is 0.442. The number of benzene rings is 2. The molecule has 2 amide bonds. The van der Waals surface area contributed by atoms with Crippen LogP contribution in [0.5, 0.6) is 0 Å². The lowest BCUT2D eigenvalue weighted by Gasteiger charge is -2.26. The third-order valence-corrected chi connectivity index (χ3v) is 6.03. The number of aryl methyl sites for hydroxylation is 1. The average Bonchev–Trinajstić information content (AvgIpc) is 3.23. The first-order valence-electron chi connectivity index (χ1n) is 12.3. The number of aromatic nitrogens is 1. The fraction of sp³-hybridized carbons (Fsp3) is 0.407. The Balaban J connectivity index is 1.36. The van der Waals surface area contributed by atoms with Crippen molar-refractivity contribution in [3.63, 3.8) is 0 Å². The van der Waals surface area contributed by atoms with E-state index in [-0.39, 0.29) is 18.4 Å². The van der Waals surface area contributed by atoms with Crippen LogP contribution in [0.15, 0.2) is 54.6 Å². The SMILES string of the molecule is CCCn1c(C(=O)NCCN2CCOCC2)cc2cc(NC(=O)COCc3ccccc3)ccc21. The molecule has 0 spiro atoms. The second kappa shape index (κ2) is 12.5. The monoisotopic (exact) mass is 478 g/mol. The molecule has 1 saturated heterocycles. The lowest BCUT2D eigenvalue weighted by Crippen LogP contribution is -2.41. The first-order valence-corrected chi connectivity index (χ1v) is 12.3. The van der Waals surface area contributed by atoms with Crippen LogP contribution in [0.2, 0.25) is 0 Å². The van der Waals surface area contributed by atoms with Crippen LogP contribution in [0.1, 0.15) is 29.4 Å². The van der Waals surface area contributed by atoms with Crippen molar-refractivity contribution < 1.29 is 19.1 Å².